The summed E-state index contributed by atoms with van der Waals surface area (Å²) in [5, 5.41) is 1.49. The molecule has 0 spiro atoms. The Morgan fingerprint density at radius 1 is 0.950 bits per heavy atom. The molecule has 0 fully saturated rings. The zero-order valence-electron chi connectivity index (χ0n) is 11.3. The van der Waals surface area contributed by atoms with Crippen molar-refractivity contribution in [2.75, 3.05) is 6.61 Å². The van der Waals surface area contributed by atoms with Crippen molar-refractivity contribution in [3.63, 3.8) is 0 Å². The number of rotatable bonds is 7. The number of hydrogen-bond donors (Lipinski definition) is 0. The van der Waals surface area contributed by atoms with Gasteiger partial charge >= 0.3 is 0 Å². The minimum absolute atomic E-state index is 0.685. The van der Waals surface area contributed by atoms with Gasteiger partial charge < -0.3 is 4.74 Å². The minimum Gasteiger partial charge on any atom is -0.492 e. The Kier molecular flexibility index (Phi) is 6.41. The maximum Gasteiger partial charge on any atom is 0.137 e. The molecule has 0 saturated heterocycles. The highest BCUT2D eigenvalue weighted by molar-refractivity contribution is 9.08. The molecule has 2 aromatic carbocycles. The Labute approximate surface area is 134 Å². The molecule has 20 heavy (non-hydrogen) atoms. The van der Waals surface area contributed by atoms with E-state index < -0.39 is 0 Å². The van der Waals surface area contributed by atoms with Gasteiger partial charge in [0.2, 0.25) is 0 Å². The second-order valence-electron chi connectivity index (χ2n) is 4.69. The van der Waals surface area contributed by atoms with Crippen molar-refractivity contribution in [3.05, 3.63) is 64.7 Å². The first-order chi connectivity index (χ1) is 9.79. The number of unbranched alkanes of at least 4 members (excludes halogenated alkanes) is 1. The summed E-state index contributed by atoms with van der Waals surface area (Å²) in [6.45, 7) is 0.709. The smallest absolute Gasteiger partial charge is 0.137 e. The largest absolute Gasteiger partial charge is 0.492 e. The Morgan fingerprint density at radius 3 is 2.45 bits per heavy atom. The van der Waals surface area contributed by atoms with Gasteiger partial charge in [0.05, 0.1) is 11.6 Å². The molecule has 0 heterocycles. The van der Waals surface area contributed by atoms with E-state index in [1.165, 1.54) is 5.56 Å². The first-order valence-electron chi connectivity index (χ1n) is 6.80. The second-order valence-corrected chi connectivity index (χ2v) is 5.66. The van der Waals surface area contributed by atoms with Gasteiger partial charge in [0.1, 0.15) is 5.75 Å². The van der Waals surface area contributed by atoms with Gasteiger partial charge in [-0.1, -0.05) is 63.9 Å². The van der Waals surface area contributed by atoms with Crippen LogP contribution in [0, 0.1) is 0 Å². The van der Waals surface area contributed by atoms with Crippen LogP contribution in [-0.2, 0) is 11.8 Å². The van der Waals surface area contributed by atoms with Crippen LogP contribution >= 0.6 is 27.5 Å². The molecule has 0 bridgehead atoms. The standard InChI is InChI=1S/C17H18BrClO/c18-13-15-9-10-17(16(19)12-15)20-11-5-4-8-14-6-2-1-3-7-14/h1-3,6-7,9-10,12H,4-5,8,11,13H2. The van der Waals surface area contributed by atoms with E-state index in [4.69, 9.17) is 16.3 Å². The molecule has 0 aliphatic heterocycles. The van der Waals surface area contributed by atoms with Crippen molar-refractivity contribution in [3.8, 4) is 5.75 Å². The van der Waals surface area contributed by atoms with E-state index in [9.17, 15) is 0 Å². The van der Waals surface area contributed by atoms with Crippen LogP contribution < -0.4 is 4.74 Å². The number of ether oxygens (including phenoxy) is 1. The monoisotopic (exact) mass is 352 g/mol. The highest BCUT2D eigenvalue weighted by atomic mass is 79.9. The molecular weight excluding hydrogens is 336 g/mol. The number of alkyl halides is 1. The highest BCUT2D eigenvalue weighted by Crippen LogP contribution is 2.26. The number of aryl methyl sites for hydroxylation is 1. The molecule has 0 unspecified atom stereocenters. The predicted octanol–water partition coefficient (Wildman–Crippen LogP) is 5.64. The van der Waals surface area contributed by atoms with Gasteiger partial charge in [-0.2, -0.15) is 0 Å². The van der Waals surface area contributed by atoms with Crippen LogP contribution in [-0.4, -0.2) is 6.61 Å². The van der Waals surface area contributed by atoms with Crippen LogP contribution in [0.15, 0.2) is 48.5 Å². The molecule has 1 nitrogen and oxygen atoms in total. The fourth-order valence-electron chi connectivity index (χ4n) is 2.00. The van der Waals surface area contributed by atoms with Crippen LogP contribution in [0.1, 0.15) is 24.0 Å². The van der Waals surface area contributed by atoms with Gasteiger partial charge in [-0.25, -0.2) is 0 Å². The van der Waals surface area contributed by atoms with Crippen LogP contribution in [0.25, 0.3) is 0 Å². The molecule has 3 heteroatoms. The van der Waals surface area contributed by atoms with Gasteiger partial charge in [0.25, 0.3) is 0 Å². The second kappa shape index (κ2) is 8.33. The zero-order valence-corrected chi connectivity index (χ0v) is 13.7. The molecule has 0 saturated carbocycles. The SMILES string of the molecule is Clc1cc(CBr)ccc1OCCCCc1ccccc1. The van der Waals surface area contributed by atoms with Crippen molar-refractivity contribution in [1.29, 1.82) is 0 Å². The molecule has 0 aromatic heterocycles. The zero-order chi connectivity index (χ0) is 14.2. The van der Waals surface area contributed by atoms with Crippen molar-refractivity contribution >= 4 is 27.5 Å². The maximum atomic E-state index is 6.17. The maximum absolute atomic E-state index is 6.17. The van der Waals surface area contributed by atoms with Crippen molar-refractivity contribution < 1.29 is 4.74 Å². The Hall–Kier alpha value is -0.990. The average molecular weight is 354 g/mol. The molecule has 0 aliphatic rings. The normalized spacial score (nSPS) is 10.5. The third kappa shape index (κ3) is 4.84. The Balaban J connectivity index is 1.71. The molecule has 106 valence electrons. The van der Waals surface area contributed by atoms with E-state index in [-0.39, 0.29) is 0 Å². The summed E-state index contributed by atoms with van der Waals surface area (Å²) in [7, 11) is 0. The van der Waals surface area contributed by atoms with Crippen LogP contribution in [0.5, 0.6) is 5.75 Å². The number of benzene rings is 2. The number of hydrogen-bond acceptors (Lipinski definition) is 1. The van der Waals surface area contributed by atoms with Crippen molar-refractivity contribution in [1.82, 2.24) is 0 Å². The molecule has 0 aliphatic carbocycles. The van der Waals surface area contributed by atoms with E-state index >= 15 is 0 Å². The van der Waals surface area contributed by atoms with E-state index in [0.717, 1.165) is 35.9 Å². The van der Waals surface area contributed by atoms with Gasteiger partial charge in [-0.05, 0) is 42.5 Å². The summed E-state index contributed by atoms with van der Waals surface area (Å²) in [6, 6.07) is 16.4. The van der Waals surface area contributed by atoms with E-state index in [1.54, 1.807) is 0 Å². The third-order valence-corrected chi connectivity index (χ3v) is 4.05. The lowest BCUT2D eigenvalue weighted by Gasteiger charge is -2.09. The van der Waals surface area contributed by atoms with E-state index in [1.807, 2.05) is 24.3 Å². The summed E-state index contributed by atoms with van der Waals surface area (Å²) < 4.78 is 5.73. The molecule has 0 N–H and O–H groups in total. The third-order valence-electron chi connectivity index (χ3n) is 3.11. The lowest BCUT2D eigenvalue weighted by molar-refractivity contribution is 0.307. The van der Waals surface area contributed by atoms with Crippen molar-refractivity contribution in [2.24, 2.45) is 0 Å². The average Bonchev–Trinajstić information content (AvgIpc) is 2.49. The highest BCUT2D eigenvalue weighted by Gasteiger charge is 2.02. The summed E-state index contributed by atoms with van der Waals surface area (Å²) in [4.78, 5) is 0. The molecule has 0 amide bonds. The van der Waals surface area contributed by atoms with E-state index in [0.29, 0.717) is 11.6 Å². The minimum atomic E-state index is 0.685. The van der Waals surface area contributed by atoms with Gasteiger partial charge in [-0.15, -0.1) is 0 Å². The first-order valence-corrected chi connectivity index (χ1v) is 8.30. The fourth-order valence-corrected chi connectivity index (χ4v) is 2.61. The quantitative estimate of drug-likeness (QED) is 0.462. The van der Waals surface area contributed by atoms with Crippen LogP contribution in [0.4, 0.5) is 0 Å². The van der Waals surface area contributed by atoms with E-state index in [2.05, 4.69) is 40.2 Å². The summed E-state index contributed by atoms with van der Waals surface area (Å²) in [5.74, 6) is 0.774. The molecular formula is C17H18BrClO. The number of halogens is 2. The molecule has 2 rings (SSSR count). The van der Waals surface area contributed by atoms with Gasteiger partial charge in [-0.3, -0.25) is 0 Å². The molecule has 2 aromatic rings. The van der Waals surface area contributed by atoms with Gasteiger partial charge in [0, 0.05) is 5.33 Å². The predicted molar refractivity (Wildman–Crippen MR) is 89.0 cm³/mol. The summed E-state index contributed by atoms with van der Waals surface area (Å²) >= 11 is 9.58. The van der Waals surface area contributed by atoms with Crippen molar-refractivity contribution in [2.45, 2.75) is 24.6 Å². The summed E-state index contributed by atoms with van der Waals surface area (Å²) in [5.41, 5.74) is 2.54. The first kappa shape index (κ1) is 15.4. The Bertz CT molecular complexity index is 528. The molecule has 0 radical (unpaired) electrons. The Morgan fingerprint density at radius 2 is 1.75 bits per heavy atom. The lowest BCUT2D eigenvalue weighted by Crippen LogP contribution is -1.99. The topological polar surface area (TPSA) is 9.23 Å². The van der Waals surface area contributed by atoms with Crippen LogP contribution in [0.2, 0.25) is 5.02 Å². The van der Waals surface area contributed by atoms with Gasteiger partial charge in [0.15, 0.2) is 0 Å². The molecule has 0 atom stereocenters. The van der Waals surface area contributed by atoms with Crippen LogP contribution in [0.3, 0.4) is 0 Å². The fraction of sp³-hybridized carbons (Fsp3) is 0.294. The lowest BCUT2D eigenvalue weighted by atomic mass is 10.1. The summed E-state index contributed by atoms with van der Waals surface area (Å²) in [6.07, 6.45) is 3.26.